The minimum absolute atomic E-state index is 0.0254. The monoisotopic (exact) mass is 667 g/mol. The summed E-state index contributed by atoms with van der Waals surface area (Å²) in [6.07, 6.45) is 2.43. The van der Waals surface area contributed by atoms with Gasteiger partial charge in [0.2, 0.25) is 11.7 Å². The summed E-state index contributed by atoms with van der Waals surface area (Å²) in [6, 6.07) is 10.5. The zero-order valence-corrected chi connectivity index (χ0v) is 29.7. The van der Waals surface area contributed by atoms with Crippen LogP contribution in [-0.4, -0.2) is 94.4 Å². The van der Waals surface area contributed by atoms with E-state index in [1.165, 1.54) is 17.3 Å². The molecule has 1 aromatic rings. The van der Waals surface area contributed by atoms with Crippen molar-refractivity contribution in [1.82, 2.24) is 4.90 Å². The van der Waals surface area contributed by atoms with Crippen LogP contribution >= 0.6 is 35.7 Å². The topological polar surface area (TPSA) is 91.4 Å². The van der Waals surface area contributed by atoms with E-state index in [1.54, 1.807) is 25.6 Å². The highest BCUT2D eigenvalue weighted by molar-refractivity contribution is 8.47. The fraction of sp³-hybridized carbons (Fsp3) is 0.697. The average Bonchev–Trinajstić information content (AvgIpc) is 2.95. The molecule has 0 N–H and O–H groups in total. The molecule has 1 saturated heterocycles. The lowest BCUT2D eigenvalue weighted by molar-refractivity contribution is -0.165. The van der Waals surface area contributed by atoms with Gasteiger partial charge in [0, 0.05) is 23.6 Å². The number of morpholine rings is 1. The summed E-state index contributed by atoms with van der Waals surface area (Å²) < 4.78 is 22.0. The number of carbonyl (C=O) groups excluding carboxylic acids is 3. The second-order valence-electron chi connectivity index (χ2n) is 13.3. The molecule has 0 bridgehead atoms. The number of rotatable bonds is 15. The Morgan fingerprint density at radius 3 is 2.30 bits per heavy atom. The van der Waals surface area contributed by atoms with Crippen molar-refractivity contribution in [2.24, 2.45) is 10.8 Å². The van der Waals surface area contributed by atoms with Crippen LogP contribution in [0.5, 0.6) is 0 Å². The standard InChI is InChI=1S/C33H49NO7S3/c1-24(2)39-21-27(36)40-20-26(35)30(3,4)41-17-18-43-29(42)44-31(5,6)33(28(37)34-13-15-38-16-14-34)22-32(7,23-33)19-25-11-9-8-10-12-25/h8-12,24H,13-23H2,1-7H3. The van der Waals surface area contributed by atoms with Gasteiger partial charge in [0.05, 0.1) is 31.3 Å². The van der Waals surface area contributed by atoms with Crippen LogP contribution in [0, 0.1) is 10.8 Å². The summed E-state index contributed by atoms with van der Waals surface area (Å²) in [4.78, 5) is 40.6. The van der Waals surface area contributed by atoms with Crippen molar-refractivity contribution in [1.29, 1.82) is 0 Å². The first kappa shape index (κ1) is 37.0. The van der Waals surface area contributed by atoms with Crippen LogP contribution in [0.2, 0.25) is 0 Å². The number of hydrogen-bond donors (Lipinski definition) is 0. The number of carbonyl (C=O) groups is 3. The summed E-state index contributed by atoms with van der Waals surface area (Å²) in [7, 11) is 0. The Balaban J connectivity index is 1.55. The van der Waals surface area contributed by atoms with Gasteiger partial charge in [-0.05, 0) is 71.8 Å². The van der Waals surface area contributed by atoms with Gasteiger partial charge < -0.3 is 23.8 Å². The van der Waals surface area contributed by atoms with Gasteiger partial charge in [-0.1, -0.05) is 49.5 Å². The normalized spacial score (nSPS) is 22.4. The predicted octanol–water partition coefficient (Wildman–Crippen LogP) is 5.74. The lowest BCUT2D eigenvalue weighted by atomic mass is 9.47. The van der Waals surface area contributed by atoms with Crippen molar-refractivity contribution >= 4 is 56.9 Å². The number of esters is 1. The Bertz CT molecular complexity index is 1140. The molecule has 0 aromatic heterocycles. The molecule has 0 atom stereocenters. The molecule has 0 radical (unpaired) electrons. The van der Waals surface area contributed by atoms with Crippen LogP contribution in [0.4, 0.5) is 0 Å². The maximum Gasteiger partial charge on any atom is 0.332 e. The van der Waals surface area contributed by atoms with Gasteiger partial charge in [-0.25, -0.2) is 4.79 Å². The van der Waals surface area contributed by atoms with Crippen molar-refractivity contribution in [2.75, 3.05) is 51.9 Å². The Morgan fingerprint density at radius 1 is 1.05 bits per heavy atom. The van der Waals surface area contributed by atoms with Crippen molar-refractivity contribution in [3.8, 4) is 0 Å². The number of ketones is 1. The molecule has 8 nitrogen and oxygen atoms in total. The van der Waals surface area contributed by atoms with Crippen molar-refractivity contribution in [2.45, 2.75) is 84.2 Å². The van der Waals surface area contributed by atoms with Crippen LogP contribution in [0.25, 0.3) is 0 Å². The van der Waals surface area contributed by atoms with E-state index in [2.05, 4.69) is 45.0 Å². The van der Waals surface area contributed by atoms with E-state index in [1.807, 2.05) is 24.8 Å². The molecule has 1 aliphatic carbocycles. The quantitative estimate of drug-likeness (QED) is 0.131. The molecule has 1 heterocycles. The SMILES string of the molecule is CC(C)OCC(=O)OCC(=O)C(C)(C)OCCSC(=S)SC(C)(C)C1(C(=O)N2CCOCC2)CC(C)(Cc2ccccc2)C1. The van der Waals surface area contributed by atoms with Gasteiger partial charge in [-0.15, -0.1) is 23.5 Å². The van der Waals surface area contributed by atoms with Gasteiger partial charge in [0.1, 0.15) is 15.7 Å². The third-order valence-corrected chi connectivity index (χ3v) is 11.3. The molecule has 2 aliphatic rings. The maximum absolute atomic E-state index is 14.2. The molecular weight excluding hydrogens is 619 g/mol. The number of Topliss-reactive ketones (excluding diaryl/α,β-unsaturated/α-hetero) is 1. The third-order valence-electron chi connectivity index (χ3n) is 8.47. The lowest BCUT2D eigenvalue weighted by Gasteiger charge is -2.61. The Hall–Kier alpha value is -1.50. The van der Waals surface area contributed by atoms with Crippen LogP contribution in [0.3, 0.4) is 0 Å². The number of thioether (sulfide) groups is 2. The summed E-state index contributed by atoms with van der Waals surface area (Å²) in [6.45, 7) is 15.7. The van der Waals surface area contributed by atoms with E-state index < -0.39 is 21.7 Å². The van der Waals surface area contributed by atoms with Crippen molar-refractivity contribution in [3.63, 3.8) is 0 Å². The summed E-state index contributed by atoms with van der Waals surface area (Å²) in [5.41, 5.74) is -0.334. The molecule has 246 valence electrons. The first-order chi connectivity index (χ1) is 20.6. The minimum atomic E-state index is -1.11. The molecule has 0 spiro atoms. The van der Waals surface area contributed by atoms with Gasteiger partial charge in [0.25, 0.3) is 0 Å². The van der Waals surface area contributed by atoms with Crippen LogP contribution < -0.4 is 0 Å². The maximum atomic E-state index is 14.2. The molecule has 3 rings (SSSR count). The summed E-state index contributed by atoms with van der Waals surface area (Å²) in [5, 5.41) is 0. The van der Waals surface area contributed by atoms with E-state index in [0.717, 1.165) is 22.8 Å². The second-order valence-corrected chi connectivity index (χ2v) is 17.2. The predicted molar refractivity (Wildman–Crippen MR) is 181 cm³/mol. The molecule has 1 amide bonds. The van der Waals surface area contributed by atoms with Crippen LogP contribution in [0.1, 0.15) is 66.9 Å². The summed E-state index contributed by atoms with van der Waals surface area (Å²) >= 11 is 8.89. The molecule has 1 aliphatic heterocycles. The highest BCUT2D eigenvalue weighted by Gasteiger charge is 2.64. The smallest absolute Gasteiger partial charge is 0.332 e. The number of hydrogen-bond acceptors (Lipinski definition) is 10. The van der Waals surface area contributed by atoms with E-state index >= 15 is 0 Å². The number of ether oxygens (including phenoxy) is 4. The number of thiocarbonyl (C=S) groups is 1. The fourth-order valence-corrected chi connectivity index (χ4v) is 9.12. The molecule has 44 heavy (non-hydrogen) atoms. The molecular formula is C33H49NO7S3. The molecule has 2 fully saturated rings. The van der Waals surface area contributed by atoms with Crippen molar-refractivity contribution in [3.05, 3.63) is 35.9 Å². The molecule has 11 heteroatoms. The van der Waals surface area contributed by atoms with E-state index in [-0.39, 0.29) is 36.4 Å². The van der Waals surface area contributed by atoms with Gasteiger partial charge in [-0.2, -0.15) is 0 Å². The first-order valence-corrected chi connectivity index (χ1v) is 17.5. The minimum Gasteiger partial charge on any atom is -0.456 e. The second kappa shape index (κ2) is 15.9. The van der Waals surface area contributed by atoms with Crippen LogP contribution in [0.15, 0.2) is 30.3 Å². The number of nitrogens with zero attached hydrogens (tertiary/aromatic N) is 1. The van der Waals surface area contributed by atoms with Gasteiger partial charge in [0.15, 0.2) is 6.61 Å². The van der Waals surface area contributed by atoms with Gasteiger partial charge >= 0.3 is 5.97 Å². The van der Waals surface area contributed by atoms with Crippen LogP contribution in [-0.2, 0) is 39.8 Å². The van der Waals surface area contributed by atoms with E-state index in [0.29, 0.717) is 38.7 Å². The Kier molecular flexibility index (Phi) is 13.3. The Labute approximate surface area is 277 Å². The van der Waals surface area contributed by atoms with E-state index in [4.69, 9.17) is 31.2 Å². The lowest BCUT2D eigenvalue weighted by Crippen LogP contribution is -2.65. The van der Waals surface area contributed by atoms with E-state index in [9.17, 15) is 14.4 Å². The summed E-state index contributed by atoms with van der Waals surface area (Å²) in [5.74, 6) is -0.154. The largest absolute Gasteiger partial charge is 0.456 e. The number of amides is 1. The highest BCUT2D eigenvalue weighted by Crippen LogP contribution is 2.65. The highest BCUT2D eigenvalue weighted by atomic mass is 32.2. The van der Waals surface area contributed by atoms with Gasteiger partial charge in [-0.3, -0.25) is 9.59 Å². The molecule has 1 aromatic carbocycles. The Morgan fingerprint density at radius 2 is 1.68 bits per heavy atom. The number of benzene rings is 1. The third kappa shape index (κ3) is 10.00. The van der Waals surface area contributed by atoms with Crippen molar-refractivity contribution < 1.29 is 33.3 Å². The zero-order chi connectivity index (χ0) is 32.6. The average molecular weight is 668 g/mol. The zero-order valence-electron chi connectivity index (χ0n) is 27.3. The fourth-order valence-electron chi connectivity index (χ4n) is 5.96. The first-order valence-electron chi connectivity index (χ1n) is 15.3. The molecule has 0 unspecified atom stereocenters. The molecule has 1 saturated carbocycles.